The zero-order valence-corrected chi connectivity index (χ0v) is 15.1. The van der Waals surface area contributed by atoms with Crippen LogP contribution in [-0.2, 0) is 0 Å². The molecule has 1 aromatic carbocycles. The van der Waals surface area contributed by atoms with Crippen molar-refractivity contribution in [3.8, 4) is 0 Å². The van der Waals surface area contributed by atoms with Crippen molar-refractivity contribution < 1.29 is 4.79 Å². The van der Waals surface area contributed by atoms with Gasteiger partial charge in [-0.3, -0.25) is 10.1 Å². The summed E-state index contributed by atoms with van der Waals surface area (Å²) >= 11 is 14.5. The molecule has 4 nitrogen and oxygen atoms in total. The number of carbonyl (C=O) groups excluding carboxylic acids is 1. The number of anilines is 1. The Bertz CT molecular complexity index is 752. The van der Waals surface area contributed by atoms with Gasteiger partial charge in [-0.05, 0) is 71.8 Å². The number of carbonyl (C=O) groups is 1. The van der Waals surface area contributed by atoms with E-state index in [1.54, 1.807) is 24.3 Å². The maximum atomic E-state index is 12.1. The van der Waals surface area contributed by atoms with Crippen molar-refractivity contribution in [2.75, 3.05) is 5.32 Å². The lowest BCUT2D eigenvalue weighted by atomic mass is 10.1. The summed E-state index contributed by atoms with van der Waals surface area (Å²) in [5.74, 6) is 0.237. The van der Waals surface area contributed by atoms with Crippen LogP contribution in [0, 0.1) is 13.8 Å². The molecule has 2 N–H and O–H groups in total. The first-order valence-electron chi connectivity index (χ1n) is 6.38. The number of hydrogen-bond acceptors (Lipinski definition) is 3. The quantitative estimate of drug-likeness (QED) is 0.743. The standard InChI is InChI=1S/C15H13BrClN3OS/c1-8-3-4-10(7-12(8)17)14(21)20-15(22)19-13-6-5-11(16)9(2)18-13/h3-7H,1-2H3,(H2,18,19,20,21,22). The van der Waals surface area contributed by atoms with Crippen LogP contribution in [0.3, 0.4) is 0 Å². The molecule has 0 saturated carbocycles. The minimum atomic E-state index is -0.326. The molecule has 0 atom stereocenters. The average molecular weight is 399 g/mol. The number of halogens is 2. The SMILES string of the molecule is Cc1ccc(C(=O)NC(=S)Nc2ccc(Br)c(C)n2)cc1Cl. The number of aryl methyl sites for hydroxylation is 2. The molecule has 0 saturated heterocycles. The Labute approximate surface area is 147 Å². The highest BCUT2D eigenvalue weighted by Gasteiger charge is 2.10. The molecule has 114 valence electrons. The second-order valence-corrected chi connectivity index (χ2v) is 6.31. The molecule has 0 aliphatic rings. The zero-order chi connectivity index (χ0) is 16.3. The number of amides is 1. The number of rotatable bonds is 2. The average Bonchev–Trinajstić information content (AvgIpc) is 2.45. The highest BCUT2D eigenvalue weighted by atomic mass is 79.9. The van der Waals surface area contributed by atoms with Crippen LogP contribution in [0.1, 0.15) is 21.6 Å². The molecule has 0 aliphatic carbocycles. The fourth-order valence-corrected chi connectivity index (χ4v) is 2.27. The van der Waals surface area contributed by atoms with Crippen molar-refractivity contribution in [3.63, 3.8) is 0 Å². The third-order valence-corrected chi connectivity index (χ3v) is 4.37. The molecule has 0 bridgehead atoms. The van der Waals surface area contributed by atoms with E-state index in [1.807, 2.05) is 19.9 Å². The van der Waals surface area contributed by atoms with Gasteiger partial charge in [0.1, 0.15) is 5.82 Å². The highest BCUT2D eigenvalue weighted by Crippen LogP contribution is 2.17. The van der Waals surface area contributed by atoms with Crippen LogP contribution < -0.4 is 10.6 Å². The van der Waals surface area contributed by atoms with E-state index in [9.17, 15) is 4.79 Å². The summed E-state index contributed by atoms with van der Waals surface area (Å²) in [5, 5.41) is 6.18. The summed E-state index contributed by atoms with van der Waals surface area (Å²) in [4.78, 5) is 16.4. The van der Waals surface area contributed by atoms with Crippen molar-refractivity contribution in [3.05, 3.63) is 56.6 Å². The molecule has 7 heteroatoms. The largest absolute Gasteiger partial charge is 0.317 e. The maximum absolute atomic E-state index is 12.1. The van der Waals surface area contributed by atoms with Crippen molar-refractivity contribution >= 4 is 56.6 Å². The first-order valence-corrected chi connectivity index (χ1v) is 7.96. The second-order valence-electron chi connectivity index (χ2n) is 4.64. The van der Waals surface area contributed by atoms with Gasteiger partial charge < -0.3 is 5.32 Å². The molecule has 2 aromatic rings. The summed E-state index contributed by atoms with van der Waals surface area (Å²) in [6.45, 7) is 3.74. The first-order chi connectivity index (χ1) is 10.4. The van der Waals surface area contributed by atoms with Gasteiger partial charge >= 0.3 is 0 Å². The van der Waals surface area contributed by atoms with Crippen LogP contribution in [0.2, 0.25) is 5.02 Å². The number of nitrogens with one attached hydrogen (secondary N) is 2. The predicted octanol–water partition coefficient (Wildman–Crippen LogP) is 4.24. The van der Waals surface area contributed by atoms with E-state index in [1.165, 1.54) is 0 Å². The Balaban J connectivity index is 2.03. The van der Waals surface area contributed by atoms with E-state index in [0.29, 0.717) is 16.4 Å². The number of aromatic nitrogens is 1. The molecular weight excluding hydrogens is 386 g/mol. The molecule has 2 rings (SSSR count). The van der Waals surface area contributed by atoms with Crippen molar-refractivity contribution in [1.82, 2.24) is 10.3 Å². The Morgan fingerprint density at radius 1 is 1.27 bits per heavy atom. The number of pyridine rings is 1. The Kier molecular flexibility index (Phi) is 5.50. The van der Waals surface area contributed by atoms with E-state index >= 15 is 0 Å². The van der Waals surface area contributed by atoms with Gasteiger partial charge in [0.2, 0.25) is 0 Å². The third kappa shape index (κ3) is 4.25. The summed E-state index contributed by atoms with van der Waals surface area (Å²) in [5.41, 5.74) is 2.18. The normalized spacial score (nSPS) is 10.2. The minimum Gasteiger partial charge on any atom is -0.317 e. The molecule has 0 aliphatic heterocycles. The second kappa shape index (κ2) is 7.17. The number of benzene rings is 1. The number of nitrogens with zero attached hydrogens (tertiary/aromatic N) is 1. The smallest absolute Gasteiger partial charge is 0.257 e. The minimum absolute atomic E-state index is 0.177. The van der Waals surface area contributed by atoms with Crippen molar-refractivity contribution in [2.24, 2.45) is 0 Å². The number of thiocarbonyl (C=S) groups is 1. The van der Waals surface area contributed by atoms with Gasteiger partial charge in [0.15, 0.2) is 5.11 Å². The summed E-state index contributed by atoms with van der Waals surface area (Å²) in [6, 6.07) is 8.71. The fraction of sp³-hybridized carbons (Fsp3) is 0.133. The molecule has 22 heavy (non-hydrogen) atoms. The zero-order valence-electron chi connectivity index (χ0n) is 11.9. The molecule has 0 spiro atoms. The Hall–Kier alpha value is -1.50. The molecule has 0 unspecified atom stereocenters. The van der Waals surface area contributed by atoms with Crippen LogP contribution in [0.25, 0.3) is 0 Å². The van der Waals surface area contributed by atoms with E-state index in [4.69, 9.17) is 23.8 Å². The molecule has 0 fully saturated rings. The highest BCUT2D eigenvalue weighted by molar-refractivity contribution is 9.10. The lowest BCUT2D eigenvalue weighted by Gasteiger charge is -2.10. The van der Waals surface area contributed by atoms with Crippen LogP contribution in [0.5, 0.6) is 0 Å². The van der Waals surface area contributed by atoms with Crippen LogP contribution >= 0.6 is 39.7 Å². The third-order valence-electron chi connectivity index (χ3n) is 2.92. The van der Waals surface area contributed by atoms with E-state index in [0.717, 1.165) is 15.7 Å². The van der Waals surface area contributed by atoms with Gasteiger partial charge in [-0.2, -0.15) is 0 Å². The van der Waals surface area contributed by atoms with Crippen LogP contribution in [0.15, 0.2) is 34.8 Å². The summed E-state index contributed by atoms with van der Waals surface area (Å²) in [7, 11) is 0. The van der Waals surface area contributed by atoms with E-state index < -0.39 is 0 Å². The molecule has 0 radical (unpaired) electrons. The topological polar surface area (TPSA) is 54.0 Å². The van der Waals surface area contributed by atoms with Gasteiger partial charge in [0.05, 0.1) is 5.69 Å². The lowest BCUT2D eigenvalue weighted by Crippen LogP contribution is -2.34. The summed E-state index contributed by atoms with van der Waals surface area (Å²) in [6.07, 6.45) is 0. The summed E-state index contributed by atoms with van der Waals surface area (Å²) < 4.78 is 0.905. The van der Waals surface area contributed by atoms with Gasteiger partial charge in [-0.15, -0.1) is 0 Å². The van der Waals surface area contributed by atoms with Gasteiger partial charge in [0.25, 0.3) is 5.91 Å². The maximum Gasteiger partial charge on any atom is 0.257 e. The molecule has 1 amide bonds. The number of hydrogen-bond donors (Lipinski definition) is 2. The Morgan fingerprint density at radius 2 is 2.00 bits per heavy atom. The van der Waals surface area contributed by atoms with Gasteiger partial charge in [-0.25, -0.2) is 4.98 Å². The van der Waals surface area contributed by atoms with Gasteiger partial charge in [0, 0.05) is 15.1 Å². The van der Waals surface area contributed by atoms with Crippen LogP contribution in [-0.4, -0.2) is 16.0 Å². The van der Waals surface area contributed by atoms with E-state index in [-0.39, 0.29) is 11.0 Å². The molecular formula is C15H13BrClN3OS. The lowest BCUT2D eigenvalue weighted by molar-refractivity contribution is 0.0977. The monoisotopic (exact) mass is 397 g/mol. The fourth-order valence-electron chi connectivity index (χ4n) is 1.67. The molecule has 1 heterocycles. The predicted molar refractivity (Wildman–Crippen MR) is 96.5 cm³/mol. The van der Waals surface area contributed by atoms with Crippen molar-refractivity contribution in [2.45, 2.75) is 13.8 Å². The van der Waals surface area contributed by atoms with Gasteiger partial charge in [-0.1, -0.05) is 17.7 Å². The Morgan fingerprint density at radius 3 is 2.64 bits per heavy atom. The van der Waals surface area contributed by atoms with Crippen LogP contribution in [0.4, 0.5) is 5.82 Å². The van der Waals surface area contributed by atoms with Crippen molar-refractivity contribution in [1.29, 1.82) is 0 Å². The van der Waals surface area contributed by atoms with E-state index in [2.05, 4.69) is 31.5 Å². The first kappa shape index (κ1) is 16.9. The molecule has 1 aromatic heterocycles.